The lowest BCUT2D eigenvalue weighted by molar-refractivity contribution is -0.110. The number of hydrogen-bond donors (Lipinski definition) is 1. The summed E-state index contributed by atoms with van der Waals surface area (Å²) in [6, 6.07) is 10.7. The van der Waals surface area contributed by atoms with Gasteiger partial charge in [0.1, 0.15) is 5.70 Å². The predicted molar refractivity (Wildman–Crippen MR) is 117 cm³/mol. The molecule has 29 heavy (non-hydrogen) atoms. The average molecular weight is 380 g/mol. The van der Waals surface area contributed by atoms with Gasteiger partial charge in [-0.1, -0.05) is 42.0 Å². The topological polar surface area (TPSA) is 57.1 Å². The second-order valence-corrected chi connectivity index (χ2v) is 7.84. The van der Waals surface area contributed by atoms with Crippen molar-refractivity contribution in [1.82, 2.24) is 5.32 Å². The Morgan fingerprint density at radius 1 is 1.10 bits per heavy atom. The van der Waals surface area contributed by atoms with Crippen LogP contribution in [0.15, 0.2) is 69.9 Å². The highest BCUT2D eigenvalue weighted by Gasteiger charge is 2.45. The van der Waals surface area contributed by atoms with Crippen molar-refractivity contribution in [1.29, 1.82) is 0 Å². The van der Waals surface area contributed by atoms with Crippen LogP contribution in [0.4, 0.5) is 5.69 Å². The molecule has 1 N–H and O–H groups in total. The molecule has 2 aliphatic carbocycles. The number of nitrogens with one attached hydrogen (secondary N) is 1. The van der Waals surface area contributed by atoms with Gasteiger partial charge in [0.2, 0.25) is 5.66 Å². The van der Waals surface area contributed by atoms with Crippen molar-refractivity contribution in [2.45, 2.75) is 31.3 Å². The number of carbonyl (C=O) groups excluding carboxylic acids is 1. The molecule has 2 aromatic rings. The van der Waals surface area contributed by atoms with Gasteiger partial charge in [0, 0.05) is 11.6 Å². The number of benzene rings is 2. The van der Waals surface area contributed by atoms with Crippen molar-refractivity contribution in [3.05, 3.63) is 71.1 Å². The van der Waals surface area contributed by atoms with Crippen molar-refractivity contribution < 1.29 is 4.79 Å². The standard InChI is InChI=1S/C24H20N4O/c29-13-24-23(12-25-14-27-24)26-15-28(24)22-7-3-6-18-20-9-8-16-4-1-2-5-17(16)19(20)10-11-21(18)22/h2-3,5-7,10-15H,1,4,8-9H2,(H,25,27). The Bertz CT molecular complexity index is 1220. The molecule has 1 atom stereocenters. The van der Waals surface area contributed by atoms with Gasteiger partial charge in [0.25, 0.3) is 0 Å². The van der Waals surface area contributed by atoms with Gasteiger partial charge in [-0.25, -0.2) is 9.98 Å². The SMILES string of the molecule is O=CC12N=CNC=C1N=CN2c1cccc2c3c(ccc12)C1=C(CCC=C1)CC3. The average Bonchev–Trinajstić information content (AvgIpc) is 3.18. The first-order chi connectivity index (χ1) is 14.3. The maximum atomic E-state index is 12.2. The summed E-state index contributed by atoms with van der Waals surface area (Å²) in [5.41, 5.74) is 6.17. The lowest BCUT2D eigenvalue weighted by atomic mass is 9.79. The zero-order valence-corrected chi connectivity index (χ0v) is 15.9. The van der Waals surface area contributed by atoms with E-state index in [4.69, 9.17) is 0 Å². The molecule has 0 saturated carbocycles. The molecular weight excluding hydrogens is 360 g/mol. The van der Waals surface area contributed by atoms with Gasteiger partial charge in [-0.3, -0.25) is 9.69 Å². The molecule has 2 aromatic carbocycles. The number of anilines is 1. The molecule has 1 unspecified atom stereocenters. The highest BCUT2D eigenvalue weighted by Crippen LogP contribution is 2.43. The molecule has 0 aromatic heterocycles. The molecule has 4 aliphatic rings. The summed E-state index contributed by atoms with van der Waals surface area (Å²) < 4.78 is 0. The highest BCUT2D eigenvalue weighted by molar-refractivity contribution is 6.07. The van der Waals surface area contributed by atoms with Gasteiger partial charge in [-0.2, -0.15) is 0 Å². The summed E-state index contributed by atoms with van der Waals surface area (Å²) in [6.07, 6.45) is 15.0. The summed E-state index contributed by atoms with van der Waals surface area (Å²) in [4.78, 5) is 22.9. The maximum absolute atomic E-state index is 12.2. The fraction of sp³-hybridized carbons (Fsp3) is 0.208. The Morgan fingerprint density at radius 3 is 3.00 bits per heavy atom. The lowest BCUT2D eigenvalue weighted by Crippen LogP contribution is -2.48. The van der Waals surface area contributed by atoms with E-state index in [0.717, 1.165) is 36.6 Å². The van der Waals surface area contributed by atoms with Gasteiger partial charge in [-0.15, -0.1) is 0 Å². The second-order valence-electron chi connectivity index (χ2n) is 7.84. The van der Waals surface area contributed by atoms with Crippen molar-refractivity contribution in [3.63, 3.8) is 0 Å². The van der Waals surface area contributed by atoms with Gasteiger partial charge in [0.15, 0.2) is 6.29 Å². The first-order valence-corrected chi connectivity index (χ1v) is 10.1. The molecule has 5 nitrogen and oxygen atoms in total. The number of aliphatic imine (C=N–C) groups is 2. The normalized spacial score (nSPS) is 24.1. The van der Waals surface area contributed by atoms with Crippen LogP contribution in [0.2, 0.25) is 0 Å². The highest BCUT2D eigenvalue weighted by atomic mass is 16.1. The number of allylic oxidation sites excluding steroid dienone is 4. The Labute approximate surface area is 168 Å². The Kier molecular flexibility index (Phi) is 3.42. The minimum Gasteiger partial charge on any atom is -0.351 e. The van der Waals surface area contributed by atoms with E-state index in [1.54, 1.807) is 24.5 Å². The van der Waals surface area contributed by atoms with E-state index >= 15 is 0 Å². The zero-order valence-electron chi connectivity index (χ0n) is 15.9. The van der Waals surface area contributed by atoms with Crippen LogP contribution >= 0.6 is 0 Å². The molecule has 0 radical (unpaired) electrons. The molecule has 0 fully saturated rings. The largest absolute Gasteiger partial charge is 0.351 e. The predicted octanol–water partition coefficient (Wildman–Crippen LogP) is 4.11. The monoisotopic (exact) mass is 380 g/mol. The van der Waals surface area contributed by atoms with Crippen molar-refractivity contribution in [2.75, 3.05) is 4.90 Å². The fourth-order valence-electron chi connectivity index (χ4n) is 5.01. The van der Waals surface area contributed by atoms with Crippen molar-refractivity contribution >= 4 is 41.0 Å². The van der Waals surface area contributed by atoms with Crippen molar-refractivity contribution in [3.8, 4) is 0 Å². The van der Waals surface area contributed by atoms with E-state index in [-0.39, 0.29) is 0 Å². The molecule has 0 saturated heterocycles. The molecule has 5 heteroatoms. The van der Waals surface area contributed by atoms with E-state index in [0.29, 0.717) is 5.70 Å². The van der Waals surface area contributed by atoms with Crippen LogP contribution in [0.1, 0.15) is 30.4 Å². The summed E-state index contributed by atoms with van der Waals surface area (Å²) >= 11 is 0. The van der Waals surface area contributed by atoms with E-state index < -0.39 is 5.66 Å². The third-order valence-electron chi connectivity index (χ3n) is 6.43. The lowest BCUT2D eigenvalue weighted by Gasteiger charge is -2.33. The molecule has 142 valence electrons. The van der Waals surface area contributed by atoms with Crippen LogP contribution < -0.4 is 10.2 Å². The Balaban J connectivity index is 1.55. The van der Waals surface area contributed by atoms with Crippen LogP contribution in [-0.4, -0.2) is 24.6 Å². The molecule has 2 heterocycles. The van der Waals surface area contributed by atoms with Crippen LogP contribution in [0.3, 0.4) is 0 Å². The maximum Gasteiger partial charge on any atom is 0.239 e. The third kappa shape index (κ3) is 2.18. The number of rotatable bonds is 2. The van der Waals surface area contributed by atoms with Gasteiger partial charge >= 0.3 is 0 Å². The quantitative estimate of drug-likeness (QED) is 0.798. The Morgan fingerprint density at radius 2 is 2.07 bits per heavy atom. The molecule has 2 aliphatic heterocycles. The second kappa shape index (κ2) is 6.01. The Hall–Kier alpha value is -3.47. The third-order valence-corrected chi connectivity index (χ3v) is 6.43. The minimum atomic E-state index is -1.13. The molecule has 0 bridgehead atoms. The van der Waals surface area contributed by atoms with E-state index in [9.17, 15) is 4.79 Å². The fourth-order valence-corrected chi connectivity index (χ4v) is 5.01. The molecule has 0 amide bonds. The van der Waals surface area contributed by atoms with Gasteiger partial charge < -0.3 is 5.32 Å². The molecule has 6 rings (SSSR count). The van der Waals surface area contributed by atoms with Crippen LogP contribution in [-0.2, 0) is 11.2 Å². The minimum absolute atomic E-state index is 0.604. The summed E-state index contributed by atoms with van der Waals surface area (Å²) in [5, 5.41) is 5.30. The number of aldehydes is 1. The number of carbonyl (C=O) groups is 1. The number of hydrogen-bond acceptors (Lipinski definition) is 5. The summed E-state index contributed by atoms with van der Waals surface area (Å²) in [6.45, 7) is 0. The van der Waals surface area contributed by atoms with Crippen LogP contribution in [0, 0.1) is 0 Å². The summed E-state index contributed by atoms with van der Waals surface area (Å²) in [7, 11) is 0. The first-order valence-electron chi connectivity index (χ1n) is 10.1. The number of fused-ring (bicyclic) bond motifs is 5. The van der Waals surface area contributed by atoms with Crippen LogP contribution in [0.25, 0.3) is 16.3 Å². The number of nitrogens with zero attached hydrogens (tertiary/aromatic N) is 3. The van der Waals surface area contributed by atoms with Gasteiger partial charge in [0.05, 0.1) is 18.4 Å². The van der Waals surface area contributed by atoms with Gasteiger partial charge in [-0.05, 0) is 53.8 Å². The number of aryl methyl sites for hydroxylation is 1. The first kappa shape index (κ1) is 16.5. The van der Waals surface area contributed by atoms with Crippen LogP contribution in [0.5, 0.6) is 0 Å². The van der Waals surface area contributed by atoms with E-state index in [1.807, 2.05) is 11.0 Å². The van der Waals surface area contributed by atoms with E-state index in [2.05, 4.69) is 51.7 Å². The smallest absolute Gasteiger partial charge is 0.239 e. The van der Waals surface area contributed by atoms with Crippen molar-refractivity contribution in [2.24, 2.45) is 9.98 Å². The molecule has 0 spiro atoms. The summed E-state index contributed by atoms with van der Waals surface area (Å²) in [5.74, 6) is 0. The van der Waals surface area contributed by atoms with E-state index in [1.165, 1.54) is 28.5 Å². The zero-order chi connectivity index (χ0) is 19.4. The molecular formula is C24H20N4O.